The zero-order valence-corrected chi connectivity index (χ0v) is 13.6. The minimum Gasteiger partial charge on any atom is -0.339 e. The number of H-pyrrole nitrogens is 1. The summed E-state index contributed by atoms with van der Waals surface area (Å²) < 4.78 is 2.54. The van der Waals surface area contributed by atoms with Crippen LogP contribution in [0, 0.1) is 10.7 Å². The maximum Gasteiger partial charge on any atom is 0.253 e. The molecule has 1 aromatic carbocycles. The number of imidazole rings is 1. The van der Waals surface area contributed by atoms with Gasteiger partial charge in [-0.05, 0) is 61.7 Å². The molecule has 5 heteroatoms. The van der Waals surface area contributed by atoms with Gasteiger partial charge in [0.25, 0.3) is 5.91 Å². The average molecular weight is 315 g/mol. The molecule has 0 saturated carbocycles. The molecule has 1 fully saturated rings. The third kappa shape index (κ3) is 3.14. The number of carbonyl (C=O) groups is 1. The molecular formula is C17H21N3OS. The third-order valence-corrected chi connectivity index (χ3v) is 4.66. The van der Waals surface area contributed by atoms with Gasteiger partial charge in [0.15, 0.2) is 4.77 Å². The molecule has 2 aromatic rings. The Morgan fingerprint density at radius 2 is 2.00 bits per heavy atom. The van der Waals surface area contributed by atoms with Gasteiger partial charge in [0.05, 0.1) is 0 Å². The van der Waals surface area contributed by atoms with Gasteiger partial charge in [0.2, 0.25) is 0 Å². The van der Waals surface area contributed by atoms with Gasteiger partial charge in [-0.1, -0.05) is 6.92 Å². The molecule has 22 heavy (non-hydrogen) atoms. The zero-order chi connectivity index (χ0) is 15.5. The number of carbonyl (C=O) groups excluding carboxylic acids is 1. The lowest BCUT2D eigenvalue weighted by Gasteiger charge is -2.20. The predicted octanol–water partition coefficient (Wildman–Crippen LogP) is 3.80. The Hall–Kier alpha value is -1.88. The fraction of sp³-hybridized carbons (Fsp3) is 0.412. The maximum absolute atomic E-state index is 12.6. The van der Waals surface area contributed by atoms with Crippen LogP contribution in [0.15, 0.2) is 36.7 Å². The van der Waals surface area contributed by atoms with Crippen LogP contribution in [0.3, 0.4) is 0 Å². The second kappa shape index (κ2) is 6.48. The highest BCUT2D eigenvalue weighted by Crippen LogP contribution is 2.19. The smallest absolute Gasteiger partial charge is 0.253 e. The van der Waals surface area contributed by atoms with Crippen molar-refractivity contribution < 1.29 is 4.79 Å². The second-order valence-corrected chi connectivity index (χ2v) is 6.40. The summed E-state index contributed by atoms with van der Waals surface area (Å²) in [6.45, 7) is 4.00. The summed E-state index contributed by atoms with van der Waals surface area (Å²) in [5.41, 5.74) is 1.72. The van der Waals surface area contributed by atoms with Gasteiger partial charge in [0.1, 0.15) is 0 Å². The summed E-state index contributed by atoms with van der Waals surface area (Å²) in [7, 11) is 0. The molecular weight excluding hydrogens is 294 g/mol. The number of aromatic nitrogens is 2. The molecule has 1 aliphatic rings. The summed E-state index contributed by atoms with van der Waals surface area (Å²) in [6.07, 6.45) is 7.11. The van der Waals surface area contributed by atoms with Crippen LogP contribution >= 0.6 is 12.2 Å². The minimum absolute atomic E-state index is 0.137. The molecule has 0 aliphatic carbocycles. The van der Waals surface area contributed by atoms with Crippen molar-refractivity contribution >= 4 is 18.1 Å². The molecule has 0 spiro atoms. The van der Waals surface area contributed by atoms with Crippen molar-refractivity contribution in [1.82, 2.24) is 14.5 Å². The van der Waals surface area contributed by atoms with Gasteiger partial charge in [-0.25, -0.2) is 0 Å². The van der Waals surface area contributed by atoms with Crippen molar-refractivity contribution in [3.8, 4) is 5.69 Å². The monoisotopic (exact) mass is 315 g/mol. The number of benzene rings is 1. The van der Waals surface area contributed by atoms with E-state index in [1.54, 1.807) is 6.20 Å². The largest absolute Gasteiger partial charge is 0.339 e. The van der Waals surface area contributed by atoms with Gasteiger partial charge in [-0.15, -0.1) is 0 Å². The van der Waals surface area contributed by atoms with Gasteiger partial charge < -0.3 is 9.88 Å². The van der Waals surface area contributed by atoms with Crippen LogP contribution in [0.5, 0.6) is 0 Å². The Bertz CT molecular complexity index is 701. The van der Waals surface area contributed by atoms with E-state index < -0.39 is 0 Å². The molecule has 0 bridgehead atoms. The highest BCUT2D eigenvalue weighted by atomic mass is 32.1. The highest BCUT2D eigenvalue weighted by molar-refractivity contribution is 7.71. The Labute approximate surface area is 135 Å². The lowest BCUT2D eigenvalue weighted by Crippen LogP contribution is -2.31. The van der Waals surface area contributed by atoms with Crippen LogP contribution in [0.1, 0.15) is 36.5 Å². The van der Waals surface area contributed by atoms with E-state index in [0.717, 1.165) is 43.1 Å². The lowest BCUT2D eigenvalue weighted by atomic mass is 10.0. The normalized spacial score (nSPS) is 19.0. The van der Waals surface area contributed by atoms with E-state index in [1.807, 2.05) is 39.9 Å². The van der Waals surface area contributed by atoms with E-state index in [2.05, 4.69) is 11.9 Å². The molecule has 2 heterocycles. The number of nitrogens with zero attached hydrogens (tertiary/aromatic N) is 2. The van der Waals surface area contributed by atoms with Gasteiger partial charge in [-0.3, -0.25) is 9.36 Å². The molecule has 1 atom stereocenters. The van der Waals surface area contributed by atoms with E-state index in [-0.39, 0.29) is 5.91 Å². The summed E-state index contributed by atoms with van der Waals surface area (Å²) in [4.78, 5) is 17.6. The first-order valence-corrected chi connectivity index (χ1v) is 8.22. The molecule has 0 radical (unpaired) electrons. The zero-order valence-electron chi connectivity index (χ0n) is 12.8. The van der Waals surface area contributed by atoms with E-state index in [4.69, 9.17) is 12.2 Å². The van der Waals surface area contributed by atoms with Crippen molar-refractivity contribution in [2.24, 2.45) is 5.92 Å². The number of hydrogen-bond donors (Lipinski definition) is 1. The Morgan fingerprint density at radius 1 is 1.23 bits per heavy atom. The SMILES string of the molecule is C[C@@H]1CCCN(C(=O)c2ccc(-n3cc[nH]c3=S)cc2)CC1. The molecule has 1 aromatic heterocycles. The summed E-state index contributed by atoms with van der Waals surface area (Å²) >= 11 is 5.21. The topological polar surface area (TPSA) is 41.0 Å². The summed E-state index contributed by atoms with van der Waals surface area (Å²) in [5, 5.41) is 0. The van der Waals surface area contributed by atoms with Crippen LogP contribution in [0.25, 0.3) is 5.69 Å². The number of aromatic amines is 1. The van der Waals surface area contributed by atoms with Gasteiger partial charge >= 0.3 is 0 Å². The second-order valence-electron chi connectivity index (χ2n) is 6.01. The first kappa shape index (κ1) is 15.0. The van der Waals surface area contributed by atoms with Gasteiger partial charge in [0, 0.05) is 36.7 Å². The molecule has 3 rings (SSSR count). The highest BCUT2D eigenvalue weighted by Gasteiger charge is 2.19. The number of rotatable bonds is 2. The molecule has 116 valence electrons. The number of nitrogens with one attached hydrogen (secondary N) is 1. The van der Waals surface area contributed by atoms with E-state index in [9.17, 15) is 4.79 Å². The van der Waals surface area contributed by atoms with Crippen LogP contribution < -0.4 is 0 Å². The standard InChI is InChI=1S/C17H21N3OS/c1-13-3-2-10-19(11-8-13)16(21)14-4-6-15(7-5-14)20-12-9-18-17(20)22/h4-7,9,12-13H,2-3,8,10-11H2,1H3,(H,18,22)/t13-/m1/s1. The third-order valence-electron chi connectivity index (χ3n) is 4.35. The maximum atomic E-state index is 12.6. The van der Waals surface area contributed by atoms with Crippen LogP contribution in [0.4, 0.5) is 0 Å². The summed E-state index contributed by atoms with van der Waals surface area (Å²) in [5.74, 6) is 0.856. The minimum atomic E-state index is 0.137. The molecule has 1 N–H and O–H groups in total. The van der Waals surface area contributed by atoms with Gasteiger partial charge in [-0.2, -0.15) is 0 Å². The number of hydrogen-bond acceptors (Lipinski definition) is 2. The number of amides is 1. The van der Waals surface area contributed by atoms with E-state index in [1.165, 1.54) is 6.42 Å². The Morgan fingerprint density at radius 3 is 2.68 bits per heavy atom. The molecule has 4 nitrogen and oxygen atoms in total. The predicted molar refractivity (Wildman–Crippen MR) is 89.9 cm³/mol. The van der Waals surface area contributed by atoms with Crippen LogP contribution in [0.2, 0.25) is 0 Å². The van der Waals surface area contributed by atoms with Crippen molar-refractivity contribution in [1.29, 1.82) is 0 Å². The fourth-order valence-electron chi connectivity index (χ4n) is 2.94. The van der Waals surface area contributed by atoms with Crippen molar-refractivity contribution in [2.45, 2.75) is 26.2 Å². The molecule has 1 amide bonds. The van der Waals surface area contributed by atoms with Crippen LogP contribution in [-0.4, -0.2) is 33.4 Å². The molecule has 1 aliphatic heterocycles. The molecule has 1 saturated heterocycles. The number of likely N-dealkylation sites (tertiary alicyclic amines) is 1. The van der Waals surface area contributed by atoms with Crippen molar-refractivity contribution in [2.75, 3.05) is 13.1 Å². The van der Waals surface area contributed by atoms with E-state index in [0.29, 0.717) is 4.77 Å². The van der Waals surface area contributed by atoms with Crippen molar-refractivity contribution in [3.63, 3.8) is 0 Å². The average Bonchev–Trinajstić information content (AvgIpc) is 2.84. The first-order valence-electron chi connectivity index (χ1n) is 7.81. The fourth-order valence-corrected chi connectivity index (χ4v) is 3.17. The summed E-state index contributed by atoms with van der Waals surface area (Å²) in [6, 6.07) is 7.66. The van der Waals surface area contributed by atoms with E-state index >= 15 is 0 Å². The Balaban J connectivity index is 1.76. The lowest BCUT2D eigenvalue weighted by molar-refractivity contribution is 0.0760. The molecule has 0 unspecified atom stereocenters. The quantitative estimate of drug-likeness (QED) is 0.857. The first-order chi connectivity index (χ1) is 10.6. The Kier molecular flexibility index (Phi) is 4.43. The van der Waals surface area contributed by atoms with Crippen LogP contribution in [-0.2, 0) is 0 Å². The van der Waals surface area contributed by atoms with Crippen molar-refractivity contribution in [3.05, 3.63) is 47.0 Å².